The molecule has 0 N–H and O–H groups in total. The summed E-state index contributed by atoms with van der Waals surface area (Å²) in [6.07, 6.45) is 6.08. The Hall–Kier alpha value is -1.43. The fourth-order valence-electron chi connectivity index (χ4n) is 2.23. The largest absolute Gasteiger partial charge is 0.464 e. The minimum Gasteiger partial charge on any atom is -0.464 e. The van der Waals surface area contributed by atoms with Gasteiger partial charge >= 0.3 is 5.97 Å². The number of esters is 1. The molecule has 0 aromatic carbocycles. The van der Waals surface area contributed by atoms with Gasteiger partial charge in [-0.2, -0.15) is 0 Å². The topological polar surface area (TPSA) is 66.2 Å². The predicted octanol–water partition coefficient (Wildman–Crippen LogP) is 1.19. The SMILES string of the molecule is COC(=O)c1cn(C2CCCC(OC)C2)nn1. The molecular formula is C11H17N3O3. The van der Waals surface area contributed by atoms with Crippen molar-refractivity contribution in [1.29, 1.82) is 0 Å². The van der Waals surface area contributed by atoms with Crippen LogP contribution in [0.2, 0.25) is 0 Å². The average molecular weight is 239 g/mol. The molecule has 1 fully saturated rings. The van der Waals surface area contributed by atoms with Crippen LogP contribution in [0.1, 0.15) is 42.2 Å². The van der Waals surface area contributed by atoms with Crippen LogP contribution in [-0.4, -0.2) is 41.3 Å². The van der Waals surface area contributed by atoms with Crippen molar-refractivity contribution in [3.63, 3.8) is 0 Å². The first-order valence-electron chi connectivity index (χ1n) is 5.77. The normalized spacial score (nSPS) is 24.6. The summed E-state index contributed by atoms with van der Waals surface area (Å²) in [5.74, 6) is -0.449. The molecule has 1 aliphatic carbocycles. The lowest BCUT2D eigenvalue weighted by molar-refractivity contribution is 0.0504. The van der Waals surface area contributed by atoms with Gasteiger partial charge in [-0.15, -0.1) is 5.10 Å². The zero-order valence-corrected chi connectivity index (χ0v) is 10.1. The minimum absolute atomic E-state index is 0.257. The van der Waals surface area contributed by atoms with Crippen LogP contribution >= 0.6 is 0 Å². The Labute approximate surface area is 99.9 Å². The Balaban J connectivity index is 2.06. The second-order valence-corrected chi connectivity index (χ2v) is 4.25. The monoisotopic (exact) mass is 239 g/mol. The molecule has 0 saturated heterocycles. The number of rotatable bonds is 3. The molecule has 2 unspecified atom stereocenters. The smallest absolute Gasteiger partial charge is 0.360 e. The average Bonchev–Trinajstić information content (AvgIpc) is 2.87. The number of aromatic nitrogens is 3. The highest BCUT2D eigenvalue weighted by Crippen LogP contribution is 2.29. The third kappa shape index (κ3) is 2.63. The molecule has 94 valence electrons. The predicted molar refractivity (Wildman–Crippen MR) is 59.7 cm³/mol. The maximum absolute atomic E-state index is 11.3. The van der Waals surface area contributed by atoms with E-state index >= 15 is 0 Å². The van der Waals surface area contributed by atoms with Gasteiger partial charge in [-0.25, -0.2) is 9.48 Å². The number of methoxy groups -OCH3 is 2. The van der Waals surface area contributed by atoms with E-state index in [9.17, 15) is 4.79 Å². The van der Waals surface area contributed by atoms with Gasteiger partial charge in [-0.3, -0.25) is 0 Å². The molecule has 17 heavy (non-hydrogen) atoms. The van der Waals surface area contributed by atoms with E-state index in [0.717, 1.165) is 25.7 Å². The highest BCUT2D eigenvalue weighted by molar-refractivity contribution is 5.86. The molecule has 2 atom stereocenters. The van der Waals surface area contributed by atoms with E-state index in [2.05, 4.69) is 15.0 Å². The van der Waals surface area contributed by atoms with E-state index in [-0.39, 0.29) is 17.8 Å². The minimum atomic E-state index is -0.449. The van der Waals surface area contributed by atoms with Gasteiger partial charge < -0.3 is 9.47 Å². The third-order valence-corrected chi connectivity index (χ3v) is 3.21. The Morgan fingerprint density at radius 1 is 1.47 bits per heavy atom. The zero-order chi connectivity index (χ0) is 12.3. The van der Waals surface area contributed by atoms with Gasteiger partial charge in [-0.05, 0) is 25.7 Å². The number of carbonyl (C=O) groups excluding carboxylic acids is 1. The lowest BCUT2D eigenvalue weighted by Crippen LogP contribution is -2.24. The van der Waals surface area contributed by atoms with Crippen molar-refractivity contribution in [1.82, 2.24) is 15.0 Å². The molecule has 1 aromatic rings. The van der Waals surface area contributed by atoms with E-state index in [1.165, 1.54) is 7.11 Å². The van der Waals surface area contributed by atoms with Crippen molar-refractivity contribution in [2.45, 2.75) is 37.8 Å². The summed E-state index contributed by atoms with van der Waals surface area (Å²) < 4.78 is 11.7. The number of carbonyl (C=O) groups is 1. The van der Waals surface area contributed by atoms with Gasteiger partial charge in [0, 0.05) is 7.11 Å². The van der Waals surface area contributed by atoms with Crippen LogP contribution in [0.25, 0.3) is 0 Å². The standard InChI is InChI=1S/C11H17N3O3/c1-16-9-5-3-4-8(6-9)14-7-10(12-13-14)11(15)17-2/h7-9H,3-6H2,1-2H3. The van der Waals surface area contributed by atoms with Crippen LogP contribution in [0.5, 0.6) is 0 Å². The van der Waals surface area contributed by atoms with Gasteiger partial charge in [0.05, 0.1) is 25.5 Å². The number of hydrogen-bond acceptors (Lipinski definition) is 5. The number of ether oxygens (including phenoxy) is 2. The van der Waals surface area contributed by atoms with Crippen LogP contribution in [-0.2, 0) is 9.47 Å². The van der Waals surface area contributed by atoms with Crippen LogP contribution in [0.4, 0.5) is 0 Å². The molecule has 1 saturated carbocycles. The van der Waals surface area contributed by atoms with Gasteiger partial charge in [0.1, 0.15) is 0 Å². The lowest BCUT2D eigenvalue weighted by Gasteiger charge is -2.27. The fourth-order valence-corrected chi connectivity index (χ4v) is 2.23. The van der Waals surface area contributed by atoms with Crippen molar-refractivity contribution in [2.24, 2.45) is 0 Å². The molecule has 6 nitrogen and oxygen atoms in total. The molecule has 6 heteroatoms. The zero-order valence-electron chi connectivity index (χ0n) is 10.1. The molecule has 1 aromatic heterocycles. The van der Waals surface area contributed by atoms with Crippen LogP contribution in [0.3, 0.4) is 0 Å². The van der Waals surface area contributed by atoms with Crippen molar-refractivity contribution in [2.75, 3.05) is 14.2 Å². The Morgan fingerprint density at radius 2 is 2.29 bits per heavy atom. The Morgan fingerprint density at radius 3 is 3.00 bits per heavy atom. The third-order valence-electron chi connectivity index (χ3n) is 3.21. The van der Waals surface area contributed by atoms with Crippen molar-refractivity contribution in [3.05, 3.63) is 11.9 Å². The molecule has 1 aliphatic rings. The molecule has 0 amide bonds. The number of hydrogen-bond donors (Lipinski definition) is 0. The Bertz CT molecular complexity index is 391. The lowest BCUT2D eigenvalue weighted by atomic mass is 9.93. The molecular weight excluding hydrogens is 222 g/mol. The summed E-state index contributed by atoms with van der Waals surface area (Å²) in [4.78, 5) is 11.3. The van der Waals surface area contributed by atoms with Gasteiger partial charge in [0.25, 0.3) is 0 Å². The van der Waals surface area contributed by atoms with Crippen LogP contribution in [0, 0.1) is 0 Å². The van der Waals surface area contributed by atoms with E-state index in [1.54, 1.807) is 18.0 Å². The van der Waals surface area contributed by atoms with Crippen LogP contribution < -0.4 is 0 Å². The summed E-state index contributed by atoms with van der Waals surface area (Å²) >= 11 is 0. The molecule has 0 radical (unpaired) electrons. The van der Waals surface area contributed by atoms with Gasteiger partial charge in [0.2, 0.25) is 0 Å². The summed E-state index contributed by atoms with van der Waals surface area (Å²) in [6.45, 7) is 0. The van der Waals surface area contributed by atoms with E-state index < -0.39 is 5.97 Å². The van der Waals surface area contributed by atoms with Crippen LogP contribution in [0.15, 0.2) is 6.20 Å². The maximum Gasteiger partial charge on any atom is 0.360 e. The van der Waals surface area contributed by atoms with Crippen molar-refractivity contribution in [3.8, 4) is 0 Å². The van der Waals surface area contributed by atoms with E-state index in [0.29, 0.717) is 0 Å². The molecule has 1 heterocycles. The summed E-state index contributed by atoms with van der Waals surface area (Å²) in [7, 11) is 3.07. The van der Waals surface area contributed by atoms with E-state index in [1.807, 2.05) is 0 Å². The highest BCUT2D eigenvalue weighted by Gasteiger charge is 2.24. The van der Waals surface area contributed by atoms with Crippen molar-refractivity contribution >= 4 is 5.97 Å². The molecule has 2 rings (SSSR count). The first kappa shape index (κ1) is 12.0. The number of nitrogens with zero attached hydrogens (tertiary/aromatic N) is 3. The molecule has 0 spiro atoms. The fraction of sp³-hybridized carbons (Fsp3) is 0.727. The first-order chi connectivity index (χ1) is 8.24. The van der Waals surface area contributed by atoms with Gasteiger partial charge in [0.15, 0.2) is 5.69 Å². The summed E-state index contributed by atoms with van der Waals surface area (Å²) in [5, 5.41) is 7.80. The quantitative estimate of drug-likeness (QED) is 0.741. The highest BCUT2D eigenvalue weighted by atomic mass is 16.5. The Kier molecular flexibility index (Phi) is 3.73. The second-order valence-electron chi connectivity index (χ2n) is 4.25. The first-order valence-corrected chi connectivity index (χ1v) is 5.77. The summed E-state index contributed by atoms with van der Waals surface area (Å²) in [6, 6.07) is 0.264. The van der Waals surface area contributed by atoms with Gasteiger partial charge in [-0.1, -0.05) is 5.21 Å². The summed E-state index contributed by atoms with van der Waals surface area (Å²) in [5.41, 5.74) is 0.257. The molecule has 0 bridgehead atoms. The molecule has 0 aliphatic heterocycles. The van der Waals surface area contributed by atoms with E-state index in [4.69, 9.17) is 4.74 Å². The second kappa shape index (κ2) is 5.27. The maximum atomic E-state index is 11.3. The van der Waals surface area contributed by atoms with Crippen molar-refractivity contribution < 1.29 is 14.3 Å².